The average Bonchev–Trinajstić information content (AvgIpc) is 3.11. The quantitative estimate of drug-likeness (QED) is 0.595. The lowest BCUT2D eigenvalue weighted by Crippen LogP contribution is -2.27. The van der Waals surface area contributed by atoms with Gasteiger partial charge in [0.2, 0.25) is 0 Å². The Hall–Kier alpha value is -3.02. The van der Waals surface area contributed by atoms with Crippen LogP contribution in [0.4, 0.5) is 0 Å². The second-order valence-corrected chi connectivity index (χ2v) is 4.80. The van der Waals surface area contributed by atoms with Gasteiger partial charge in [0.25, 0.3) is 5.91 Å². The first kappa shape index (κ1) is 17.3. The number of amides is 1. The maximum Gasteiger partial charge on any atom is 0.331 e. The van der Waals surface area contributed by atoms with E-state index in [9.17, 15) is 9.59 Å². The lowest BCUT2D eigenvalue weighted by Gasteiger charge is -2.04. The second-order valence-electron chi connectivity index (χ2n) is 4.80. The van der Waals surface area contributed by atoms with Crippen LogP contribution >= 0.6 is 0 Å². The number of carbonyl (C=O) groups is 2. The van der Waals surface area contributed by atoms with Crippen LogP contribution in [0.2, 0.25) is 0 Å². The zero-order chi connectivity index (χ0) is 17.2. The lowest BCUT2D eigenvalue weighted by atomic mass is 10.2. The van der Waals surface area contributed by atoms with Crippen LogP contribution in [0.5, 0.6) is 5.75 Å². The van der Waals surface area contributed by atoms with Crippen molar-refractivity contribution in [1.29, 1.82) is 0 Å². The van der Waals surface area contributed by atoms with Crippen molar-refractivity contribution >= 4 is 18.0 Å². The van der Waals surface area contributed by atoms with Crippen molar-refractivity contribution in [1.82, 2.24) is 5.32 Å². The Kier molecular flexibility index (Phi) is 6.64. The van der Waals surface area contributed by atoms with Gasteiger partial charge in [0.05, 0.1) is 19.4 Å². The van der Waals surface area contributed by atoms with E-state index in [0.29, 0.717) is 12.4 Å². The molecular weight excluding hydrogens is 310 g/mol. The molecule has 0 bridgehead atoms. The summed E-state index contributed by atoms with van der Waals surface area (Å²) in [5.41, 5.74) is 0.831. The van der Waals surface area contributed by atoms with Crippen LogP contribution in [0.25, 0.3) is 6.08 Å². The van der Waals surface area contributed by atoms with Gasteiger partial charge in [-0.25, -0.2) is 4.79 Å². The highest BCUT2D eigenvalue weighted by Gasteiger charge is 2.05. The predicted molar refractivity (Wildman–Crippen MR) is 88.2 cm³/mol. The fourth-order valence-electron chi connectivity index (χ4n) is 1.84. The molecule has 0 atom stereocenters. The van der Waals surface area contributed by atoms with Gasteiger partial charge < -0.3 is 19.2 Å². The highest BCUT2D eigenvalue weighted by atomic mass is 16.5. The molecule has 0 aliphatic heterocycles. The number of ether oxygens (including phenoxy) is 2. The number of rotatable bonds is 8. The first-order chi connectivity index (χ1) is 11.7. The first-order valence-electron chi connectivity index (χ1n) is 7.54. The van der Waals surface area contributed by atoms with Crippen molar-refractivity contribution in [3.05, 3.63) is 60.1 Å². The van der Waals surface area contributed by atoms with Gasteiger partial charge in [0.15, 0.2) is 6.61 Å². The van der Waals surface area contributed by atoms with E-state index in [1.807, 2.05) is 31.2 Å². The van der Waals surface area contributed by atoms with E-state index in [4.69, 9.17) is 13.9 Å². The van der Waals surface area contributed by atoms with Crippen molar-refractivity contribution in [3.63, 3.8) is 0 Å². The van der Waals surface area contributed by atoms with Crippen LogP contribution in [0.15, 0.2) is 53.2 Å². The van der Waals surface area contributed by atoms with E-state index in [-0.39, 0.29) is 13.2 Å². The molecule has 1 amide bonds. The molecule has 2 aromatic rings. The Labute approximate surface area is 140 Å². The molecule has 0 fully saturated rings. The molecule has 1 heterocycles. The highest BCUT2D eigenvalue weighted by molar-refractivity contribution is 5.89. The van der Waals surface area contributed by atoms with Gasteiger partial charge in [0, 0.05) is 6.08 Å². The normalized spacial score (nSPS) is 10.5. The van der Waals surface area contributed by atoms with E-state index in [1.165, 1.54) is 12.3 Å². The molecule has 0 radical (unpaired) electrons. The first-order valence-corrected chi connectivity index (χ1v) is 7.54. The van der Waals surface area contributed by atoms with Crippen molar-refractivity contribution in [2.45, 2.75) is 13.5 Å². The zero-order valence-electron chi connectivity index (χ0n) is 13.4. The fraction of sp³-hybridized carbons (Fsp3) is 0.222. The molecule has 1 aromatic carbocycles. The van der Waals surface area contributed by atoms with Gasteiger partial charge in [0.1, 0.15) is 11.5 Å². The van der Waals surface area contributed by atoms with E-state index in [2.05, 4.69) is 5.32 Å². The van der Waals surface area contributed by atoms with E-state index in [0.717, 1.165) is 11.3 Å². The minimum Gasteiger partial charge on any atom is -0.494 e. The SMILES string of the molecule is CCOc1ccc(/C=C/C(=O)OCC(=O)NCc2ccco2)cc1. The Balaban J connectivity index is 1.70. The highest BCUT2D eigenvalue weighted by Crippen LogP contribution is 2.13. The molecule has 0 spiro atoms. The monoisotopic (exact) mass is 329 g/mol. The predicted octanol–water partition coefficient (Wildman–Crippen LogP) is 2.55. The Morgan fingerprint density at radius 1 is 1.21 bits per heavy atom. The largest absolute Gasteiger partial charge is 0.494 e. The van der Waals surface area contributed by atoms with Crippen LogP contribution in [-0.2, 0) is 20.9 Å². The molecule has 2 rings (SSSR count). The van der Waals surface area contributed by atoms with Crippen molar-refractivity contribution in [2.75, 3.05) is 13.2 Å². The maximum atomic E-state index is 11.6. The molecule has 0 aliphatic carbocycles. The third kappa shape index (κ3) is 6.00. The molecule has 126 valence electrons. The maximum absolute atomic E-state index is 11.6. The number of furan rings is 1. The molecule has 6 nitrogen and oxygen atoms in total. The van der Waals surface area contributed by atoms with E-state index < -0.39 is 11.9 Å². The van der Waals surface area contributed by atoms with Crippen molar-refractivity contribution < 1.29 is 23.5 Å². The number of nitrogens with one attached hydrogen (secondary N) is 1. The van der Waals surface area contributed by atoms with Gasteiger partial charge in [-0.2, -0.15) is 0 Å². The molecular formula is C18H19NO5. The smallest absolute Gasteiger partial charge is 0.331 e. The lowest BCUT2D eigenvalue weighted by molar-refractivity contribution is -0.143. The van der Waals surface area contributed by atoms with Crippen molar-refractivity contribution in [3.8, 4) is 5.75 Å². The molecule has 0 saturated carbocycles. The van der Waals surface area contributed by atoms with E-state index >= 15 is 0 Å². The summed E-state index contributed by atoms with van der Waals surface area (Å²) in [7, 11) is 0. The summed E-state index contributed by atoms with van der Waals surface area (Å²) >= 11 is 0. The van der Waals surface area contributed by atoms with Crippen molar-refractivity contribution in [2.24, 2.45) is 0 Å². The van der Waals surface area contributed by atoms with E-state index in [1.54, 1.807) is 18.2 Å². The van der Waals surface area contributed by atoms with Gasteiger partial charge in [-0.05, 0) is 42.8 Å². The van der Waals surface area contributed by atoms with Gasteiger partial charge >= 0.3 is 5.97 Å². The van der Waals surface area contributed by atoms with Gasteiger partial charge in [-0.3, -0.25) is 4.79 Å². The number of benzene rings is 1. The molecule has 6 heteroatoms. The summed E-state index contributed by atoms with van der Waals surface area (Å²) < 4.78 is 15.3. The number of hydrogen-bond donors (Lipinski definition) is 1. The zero-order valence-corrected chi connectivity index (χ0v) is 13.4. The fourth-order valence-corrected chi connectivity index (χ4v) is 1.84. The van der Waals surface area contributed by atoms with Gasteiger partial charge in [-0.15, -0.1) is 0 Å². The molecule has 1 N–H and O–H groups in total. The molecule has 1 aromatic heterocycles. The topological polar surface area (TPSA) is 77.8 Å². The van der Waals surface area contributed by atoms with Gasteiger partial charge in [-0.1, -0.05) is 12.1 Å². The molecule has 0 unspecified atom stereocenters. The standard InChI is InChI=1S/C18H19NO5/c1-2-22-15-8-5-14(6-9-15)7-10-18(21)24-13-17(20)19-12-16-4-3-11-23-16/h3-11H,2,12-13H2,1H3,(H,19,20)/b10-7+. The minimum atomic E-state index is -0.586. The molecule has 24 heavy (non-hydrogen) atoms. The van der Waals surface area contributed by atoms with Crippen LogP contribution in [0.3, 0.4) is 0 Å². The summed E-state index contributed by atoms with van der Waals surface area (Å²) in [4.78, 5) is 23.1. The number of carbonyl (C=O) groups excluding carboxylic acids is 2. The minimum absolute atomic E-state index is 0.255. The summed E-state index contributed by atoms with van der Waals surface area (Å²) in [6.07, 6.45) is 4.40. The van der Waals surface area contributed by atoms with Crippen LogP contribution < -0.4 is 10.1 Å². The third-order valence-electron chi connectivity index (χ3n) is 2.99. The van der Waals surface area contributed by atoms with Crippen LogP contribution in [0.1, 0.15) is 18.2 Å². The molecule has 0 saturated heterocycles. The summed E-state index contributed by atoms with van der Waals surface area (Å²) in [6, 6.07) is 10.8. The summed E-state index contributed by atoms with van der Waals surface area (Å²) in [5, 5.41) is 2.58. The Bertz CT molecular complexity index is 674. The van der Waals surface area contributed by atoms with Crippen LogP contribution in [-0.4, -0.2) is 25.1 Å². The second kappa shape index (κ2) is 9.19. The van der Waals surface area contributed by atoms with Crippen LogP contribution in [0, 0.1) is 0 Å². The molecule has 0 aliphatic rings. The number of esters is 1. The Morgan fingerprint density at radius 3 is 2.67 bits per heavy atom. The Morgan fingerprint density at radius 2 is 2.00 bits per heavy atom. The third-order valence-corrected chi connectivity index (χ3v) is 2.99. The number of hydrogen-bond acceptors (Lipinski definition) is 5. The summed E-state index contributed by atoms with van der Waals surface area (Å²) in [5.74, 6) is 0.418. The average molecular weight is 329 g/mol. The summed E-state index contributed by atoms with van der Waals surface area (Å²) in [6.45, 7) is 2.43.